The summed E-state index contributed by atoms with van der Waals surface area (Å²) in [6.45, 7) is 1.91. The second-order valence-corrected chi connectivity index (χ2v) is 7.62. The number of benzene rings is 1. The van der Waals surface area contributed by atoms with E-state index >= 15 is 0 Å². The number of hydrogen-bond donors (Lipinski definition) is 2. The summed E-state index contributed by atoms with van der Waals surface area (Å²) in [6, 6.07) is 7.18. The first-order chi connectivity index (χ1) is 13.5. The van der Waals surface area contributed by atoms with Crippen molar-refractivity contribution in [1.29, 1.82) is 0 Å². The maximum atomic E-state index is 12.7. The van der Waals surface area contributed by atoms with Gasteiger partial charge in [-0.25, -0.2) is 0 Å². The molecule has 2 N–H and O–H groups in total. The van der Waals surface area contributed by atoms with Crippen LogP contribution < -0.4 is 20.3 Å². The molecule has 1 aromatic carbocycles. The van der Waals surface area contributed by atoms with E-state index in [1.54, 1.807) is 19.2 Å². The van der Waals surface area contributed by atoms with Gasteiger partial charge in [0.2, 0.25) is 0 Å². The van der Waals surface area contributed by atoms with E-state index in [2.05, 4.69) is 37.2 Å². The molecule has 2 saturated heterocycles. The lowest BCUT2D eigenvalue weighted by molar-refractivity contribution is -0.0495. The zero-order valence-corrected chi connectivity index (χ0v) is 19.4. The molecular weight excluding hydrogens is 491 g/mol. The van der Waals surface area contributed by atoms with Crippen molar-refractivity contribution in [1.82, 2.24) is 15.5 Å². The fourth-order valence-electron chi connectivity index (χ4n) is 3.91. The molecule has 29 heavy (non-hydrogen) atoms. The fraction of sp³-hybridized carbons (Fsp3) is 0.650. The zero-order valence-electron chi connectivity index (χ0n) is 17.1. The summed E-state index contributed by atoms with van der Waals surface area (Å²) in [5.41, 5.74) is 0.710. The van der Waals surface area contributed by atoms with Crippen LogP contribution >= 0.6 is 24.0 Å². The van der Waals surface area contributed by atoms with Crippen molar-refractivity contribution in [2.24, 2.45) is 10.9 Å². The minimum absolute atomic E-state index is 0. The van der Waals surface area contributed by atoms with Gasteiger partial charge in [0.1, 0.15) is 5.75 Å². The number of para-hydroxylation sites is 2. The summed E-state index contributed by atoms with van der Waals surface area (Å²) in [6.07, 6.45) is 3.33. The minimum atomic E-state index is -2.82. The largest absolute Gasteiger partial charge is 0.433 e. The highest BCUT2D eigenvalue weighted by molar-refractivity contribution is 14.0. The van der Waals surface area contributed by atoms with Gasteiger partial charge in [0.15, 0.2) is 5.96 Å². The van der Waals surface area contributed by atoms with Crippen LogP contribution in [0.3, 0.4) is 0 Å². The number of halogens is 3. The van der Waals surface area contributed by atoms with Gasteiger partial charge in [-0.1, -0.05) is 12.1 Å². The number of piperidine rings is 1. The van der Waals surface area contributed by atoms with Crippen molar-refractivity contribution in [3.63, 3.8) is 0 Å². The van der Waals surface area contributed by atoms with Crippen LogP contribution in [0.25, 0.3) is 0 Å². The lowest BCUT2D eigenvalue weighted by Gasteiger charge is -2.29. The molecule has 6 nitrogen and oxygen atoms in total. The molecule has 1 unspecified atom stereocenters. The number of ether oxygens (including phenoxy) is 1. The van der Waals surface area contributed by atoms with E-state index in [9.17, 15) is 8.78 Å². The average molecular weight is 523 g/mol. The Morgan fingerprint density at radius 3 is 2.62 bits per heavy atom. The van der Waals surface area contributed by atoms with Crippen LogP contribution in [0.1, 0.15) is 19.3 Å². The van der Waals surface area contributed by atoms with Gasteiger partial charge in [-0.05, 0) is 57.5 Å². The molecule has 2 heterocycles. The predicted octanol–water partition coefficient (Wildman–Crippen LogP) is 2.99. The summed E-state index contributed by atoms with van der Waals surface area (Å²) in [7, 11) is 3.95. The van der Waals surface area contributed by atoms with Crippen molar-refractivity contribution in [3.8, 4) is 5.75 Å². The molecule has 0 amide bonds. The van der Waals surface area contributed by atoms with Crippen LogP contribution in [0.15, 0.2) is 29.3 Å². The van der Waals surface area contributed by atoms with Crippen molar-refractivity contribution in [2.45, 2.75) is 31.9 Å². The molecule has 1 aromatic rings. The Labute approximate surface area is 189 Å². The Bertz CT molecular complexity index is 656. The Balaban J connectivity index is 0.00000300. The third-order valence-corrected chi connectivity index (χ3v) is 5.57. The van der Waals surface area contributed by atoms with E-state index < -0.39 is 6.61 Å². The Hall–Kier alpha value is -1.36. The number of guanidine groups is 1. The van der Waals surface area contributed by atoms with Gasteiger partial charge in [0.05, 0.1) is 5.69 Å². The number of hydrogen-bond acceptors (Lipinski definition) is 4. The third-order valence-electron chi connectivity index (χ3n) is 5.57. The average Bonchev–Trinajstić information content (AvgIpc) is 3.14. The molecule has 0 saturated carbocycles. The Morgan fingerprint density at radius 2 is 1.93 bits per heavy atom. The van der Waals surface area contributed by atoms with E-state index in [1.807, 2.05) is 12.1 Å². The quantitative estimate of drug-likeness (QED) is 0.341. The smallest absolute Gasteiger partial charge is 0.387 e. The van der Waals surface area contributed by atoms with Crippen LogP contribution in [0, 0.1) is 5.92 Å². The van der Waals surface area contributed by atoms with Crippen molar-refractivity contribution >= 4 is 35.6 Å². The molecular formula is C20H32F2IN5O. The zero-order chi connectivity index (χ0) is 19.9. The van der Waals surface area contributed by atoms with E-state index in [1.165, 1.54) is 12.8 Å². The van der Waals surface area contributed by atoms with Gasteiger partial charge < -0.3 is 25.2 Å². The number of aliphatic imine (C=N–C) groups is 1. The van der Waals surface area contributed by atoms with E-state index in [0.717, 1.165) is 45.1 Å². The number of rotatable bonds is 6. The molecule has 0 radical (unpaired) electrons. The standard InChI is InChI=1S/C20H31F2N5O.HI/c1-23-20(24-13-15-7-10-26(2)11-8-15)25-16-9-12-27(14-16)17-5-3-4-6-18(17)28-19(21)22;/h3-6,15-16,19H,7-14H2,1-2H3,(H2,23,24,25);1H. The summed E-state index contributed by atoms with van der Waals surface area (Å²) in [5, 5.41) is 6.92. The molecule has 2 aliphatic heterocycles. The van der Waals surface area contributed by atoms with E-state index in [4.69, 9.17) is 0 Å². The van der Waals surface area contributed by atoms with Gasteiger partial charge in [0.25, 0.3) is 0 Å². The molecule has 1 atom stereocenters. The number of likely N-dealkylation sites (tertiary alicyclic amines) is 1. The second-order valence-electron chi connectivity index (χ2n) is 7.62. The monoisotopic (exact) mass is 523 g/mol. The van der Waals surface area contributed by atoms with Crippen LogP contribution in [0.2, 0.25) is 0 Å². The first-order valence-corrected chi connectivity index (χ1v) is 9.99. The highest BCUT2D eigenvalue weighted by Gasteiger charge is 2.26. The SMILES string of the molecule is CN=C(NCC1CCN(C)CC1)NC1CCN(c2ccccc2OC(F)F)C1.I. The van der Waals surface area contributed by atoms with Crippen molar-refractivity contribution in [3.05, 3.63) is 24.3 Å². The minimum Gasteiger partial charge on any atom is -0.433 e. The van der Waals surface area contributed by atoms with E-state index in [0.29, 0.717) is 11.6 Å². The molecule has 0 bridgehead atoms. The van der Waals surface area contributed by atoms with Crippen molar-refractivity contribution in [2.75, 3.05) is 51.7 Å². The van der Waals surface area contributed by atoms with Gasteiger partial charge in [-0.3, -0.25) is 4.99 Å². The normalized spacial score (nSPS) is 21.2. The molecule has 9 heteroatoms. The van der Waals surface area contributed by atoms with Crippen molar-refractivity contribution < 1.29 is 13.5 Å². The third kappa shape index (κ3) is 7.13. The van der Waals surface area contributed by atoms with Crippen LogP contribution in [-0.2, 0) is 0 Å². The number of nitrogens with zero attached hydrogens (tertiary/aromatic N) is 3. The maximum Gasteiger partial charge on any atom is 0.387 e. The Morgan fingerprint density at radius 1 is 1.21 bits per heavy atom. The van der Waals surface area contributed by atoms with Gasteiger partial charge in [-0.15, -0.1) is 24.0 Å². The number of nitrogens with one attached hydrogen (secondary N) is 2. The van der Waals surface area contributed by atoms with Gasteiger partial charge in [0, 0.05) is 32.7 Å². The number of anilines is 1. The second kappa shape index (κ2) is 11.7. The number of alkyl halides is 2. The summed E-state index contributed by atoms with van der Waals surface area (Å²) in [4.78, 5) is 8.80. The highest BCUT2D eigenvalue weighted by Crippen LogP contribution is 2.31. The molecule has 0 spiro atoms. The molecule has 0 aliphatic carbocycles. The first-order valence-electron chi connectivity index (χ1n) is 9.99. The summed E-state index contributed by atoms with van der Waals surface area (Å²) < 4.78 is 30.0. The first kappa shape index (κ1) is 23.9. The topological polar surface area (TPSA) is 52.1 Å². The predicted molar refractivity (Wildman–Crippen MR) is 124 cm³/mol. The van der Waals surface area contributed by atoms with Gasteiger partial charge >= 0.3 is 6.61 Å². The lowest BCUT2D eigenvalue weighted by atomic mass is 9.97. The lowest BCUT2D eigenvalue weighted by Crippen LogP contribution is -2.46. The Kier molecular flexibility index (Phi) is 9.67. The molecule has 2 aliphatic rings. The van der Waals surface area contributed by atoms with Crippen LogP contribution in [0.4, 0.5) is 14.5 Å². The molecule has 164 valence electrons. The molecule has 2 fully saturated rings. The van der Waals surface area contributed by atoms with Gasteiger partial charge in [-0.2, -0.15) is 8.78 Å². The van der Waals surface area contributed by atoms with Crippen LogP contribution in [0.5, 0.6) is 5.75 Å². The summed E-state index contributed by atoms with van der Waals surface area (Å²) in [5.74, 6) is 1.71. The molecule has 0 aromatic heterocycles. The van der Waals surface area contributed by atoms with E-state index in [-0.39, 0.29) is 35.8 Å². The highest BCUT2D eigenvalue weighted by atomic mass is 127. The fourth-order valence-corrected chi connectivity index (χ4v) is 3.91. The summed E-state index contributed by atoms with van der Waals surface area (Å²) >= 11 is 0. The van der Waals surface area contributed by atoms with Crippen LogP contribution in [-0.4, -0.2) is 70.3 Å². The molecule has 3 rings (SSSR count). The maximum absolute atomic E-state index is 12.7.